The summed E-state index contributed by atoms with van der Waals surface area (Å²) in [6, 6.07) is 0. The molecular formula is C9H19N. The SMILES string of the molecule is CCCCN1CC[C@@H](C)C1. The summed E-state index contributed by atoms with van der Waals surface area (Å²) < 4.78 is 0. The lowest BCUT2D eigenvalue weighted by Gasteiger charge is -2.13. The molecule has 1 heterocycles. The van der Waals surface area contributed by atoms with E-state index in [1.165, 1.54) is 38.9 Å². The number of nitrogens with zero attached hydrogens (tertiary/aromatic N) is 1. The van der Waals surface area contributed by atoms with Gasteiger partial charge in [-0.2, -0.15) is 0 Å². The van der Waals surface area contributed by atoms with Gasteiger partial charge in [-0.3, -0.25) is 0 Å². The summed E-state index contributed by atoms with van der Waals surface area (Å²) >= 11 is 0. The maximum absolute atomic E-state index is 2.59. The Labute approximate surface area is 64.4 Å². The first-order valence-electron chi connectivity index (χ1n) is 4.55. The van der Waals surface area contributed by atoms with E-state index >= 15 is 0 Å². The van der Waals surface area contributed by atoms with Crippen LogP contribution in [0, 0.1) is 5.92 Å². The quantitative estimate of drug-likeness (QED) is 0.582. The Balaban J connectivity index is 2.06. The summed E-state index contributed by atoms with van der Waals surface area (Å²) in [6.07, 6.45) is 4.14. The second-order valence-electron chi connectivity index (χ2n) is 3.55. The van der Waals surface area contributed by atoms with Crippen LogP contribution in [-0.4, -0.2) is 24.5 Å². The third-order valence-corrected chi connectivity index (χ3v) is 2.34. The second kappa shape index (κ2) is 3.97. The van der Waals surface area contributed by atoms with Crippen LogP contribution in [-0.2, 0) is 0 Å². The van der Waals surface area contributed by atoms with Crippen LogP contribution in [0.1, 0.15) is 33.1 Å². The summed E-state index contributed by atoms with van der Waals surface area (Å²) in [5, 5.41) is 0. The highest BCUT2D eigenvalue weighted by molar-refractivity contribution is 4.71. The van der Waals surface area contributed by atoms with Gasteiger partial charge in [-0.05, 0) is 31.8 Å². The van der Waals surface area contributed by atoms with Crippen molar-refractivity contribution >= 4 is 0 Å². The Morgan fingerprint density at radius 1 is 1.50 bits per heavy atom. The molecule has 60 valence electrons. The van der Waals surface area contributed by atoms with Crippen LogP contribution in [0.25, 0.3) is 0 Å². The standard InChI is InChI=1S/C9H19N/c1-3-4-6-10-7-5-9(2)8-10/h9H,3-8H2,1-2H3/t9-/m1/s1. The lowest BCUT2D eigenvalue weighted by molar-refractivity contribution is 0.322. The van der Waals surface area contributed by atoms with Crippen LogP contribution in [0.4, 0.5) is 0 Å². The van der Waals surface area contributed by atoms with Gasteiger partial charge in [0, 0.05) is 6.54 Å². The van der Waals surface area contributed by atoms with E-state index in [1.807, 2.05) is 0 Å². The van der Waals surface area contributed by atoms with Gasteiger partial charge in [-0.25, -0.2) is 0 Å². The summed E-state index contributed by atoms with van der Waals surface area (Å²) in [7, 11) is 0. The van der Waals surface area contributed by atoms with Crippen molar-refractivity contribution in [2.24, 2.45) is 5.92 Å². The number of hydrogen-bond donors (Lipinski definition) is 0. The molecule has 1 aliphatic rings. The molecular weight excluding hydrogens is 122 g/mol. The normalized spacial score (nSPS) is 27.6. The largest absolute Gasteiger partial charge is 0.303 e. The van der Waals surface area contributed by atoms with E-state index in [0.717, 1.165) is 5.92 Å². The third kappa shape index (κ3) is 2.30. The molecule has 0 aliphatic carbocycles. The Hall–Kier alpha value is -0.0400. The van der Waals surface area contributed by atoms with Gasteiger partial charge in [0.25, 0.3) is 0 Å². The van der Waals surface area contributed by atoms with E-state index in [-0.39, 0.29) is 0 Å². The molecule has 1 nitrogen and oxygen atoms in total. The summed E-state index contributed by atoms with van der Waals surface area (Å²) in [6.45, 7) is 8.65. The Kier molecular flexibility index (Phi) is 3.20. The predicted molar refractivity (Wildman–Crippen MR) is 45.1 cm³/mol. The van der Waals surface area contributed by atoms with Gasteiger partial charge in [0.15, 0.2) is 0 Å². The molecule has 0 bridgehead atoms. The lowest BCUT2D eigenvalue weighted by Crippen LogP contribution is -2.21. The topological polar surface area (TPSA) is 3.24 Å². The first-order chi connectivity index (χ1) is 4.83. The Bertz CT molecular complexity index is 90.7. The molecule has 1 heteroatoms. The zero-order valence-electron chi connectivity index (χ0n) is 7.27. The smallest absolute Gasteiger partial charge is 0.000750 e. The molecule has 0 aromatic heterocycles. The Morgan fingerprint density at radius 3 is 2.80 bits per heavy atom. The van der Waals surface area contributed by atoms with Crippen LogP contribution in [0.2, 0.25) is 0 Å². The van der Waals surface area contributed by atoms with Gasteiger partial charge in [0.2, 0.25) is 0 Å². The summed E-state index contributed by atoms with van der Waals surface area (Å²) in [4.78, 5) is 2.59. The van der Waals surface area contributed by atoms with Crippen molar-refractivity contribution in [2.75, 3.05) is 19.6 Å². The average Bonchev–Trinajstić information content (AvgIpc) is 2.31. The molecule has 10 heavy (non-hydrogen) atoms. The maximum Gasteiger partial charge on any atom is 0.000750 e. The van der Waals surface area contributed by atoms with Gasteiger partial charge in [0.1, 0.15) is 0 Å². The van der Waals surface area contributed by atoms with Crippen molar-refractivity contribution < 1.29 is 0 Å². The number of hydrogen-bond acceptors (Lipinski definition) is 1. The first-order valence-corrected chi connectivity index (χ1v) is 4.55. The van der Waals surface area contributed by atoms with Crippen LogP contribution in [0.3, 0.4) is 0 Å². The summed E-state index contributed by atoms with van der Waals surface area (Å²) in [5.41, 5.74) is 0. The van der Waals surface area contributed by atoms with E-state index in [1.54, 1.807) is 0 Å². The van der Waals surface area contributed by atoms with Crippen molar-refractivity contribution in [2.45, 2.75) is 33.1 Å². The fourth-order valence-corrected chi connectivity index (χ4v) is 1.61. The van der Waals surface area contributed by atoms with Crippen LogP contribution < -0.4 is 0 Å². The number of rotatable bonds is 3. The molecule has 1 aliphatic heterocycles. The van der Waals surface area contributed by atoms with Crippen molar-refractivity contribution in [1.29, 1.82) is 0 Å². The monoisotopic (exact) mass is 141 g/mol. The van der Waals surface area contributed by atoms with Gasteiger partial charge in [-0.1, -0.05) is 20.3 Å². The van der Waals surface area contributed by atoms with Gasteiger partial charge < -0.3 is 4.90 Å². The highest BCUT2D eigenvalue weighted by atomic mass is 15.1. The minimum Gasteiger partial charge on any atom is -0.303 e. The van der Waals surface area contributed by atoms with Gasteiger partial charge >= 0.3 is 0 Å². The molecule has 0 aromatic rings. The van der Waals surface area contributed by atoms with Gasteiger partial charge in [-0.15, -0.1) is 0 Å². The zero-order valence-corrected chi connectivity index (χ0v) is 7.27. The highest BCUT2D eigenvalue weighted by Gasteiger charge is 2.16. The second-order valence-corrected chi connectivity index (χ2v) is 3.55. The molecule has 0 amide bonds. The van der Waals surface area contributed by atoms with E-state index in [2.05, 4.69) is 18.7 Å². The minimum atomic E-state index is 0.955. The van der Waals surface area contributed by atoms with Crippen LogP contribution in [0.15, 0.2) is 0 Å². The zero-order chi connectivity index (χ0) is 7.40. The average molecular weight is 141 g/mol. The minimum absolute atomic E-state index is 0.955. The molecule has 0 N–H and O–H groups in total. The van der Waals surface area contributed by atoms with E-state index in [9.17, 15) is 0 Å². The molecule has 0 spiro atoms. The molecule has 0 aromatic carbocycles. The third-order valence-electron chi connectivity index (χ3n) is 2.34. The molecule has 0 saturated carbocycles. The van der Waals surface area contributed by atoms with Gasteiger partial charge in [0.05, 0.1) is 0 Å². The molecule has 0 unspecified atom stereocenters. The van der Waals surface area contributed by atoms with Crippen molar-refractivity contribution in [3.63, 3.8) is 0 Å². The number of likely N-dealkylation sites (tertiary alicyclic amines) is 1. The summed E-state index contributed by atoms with van der Waals surface area (Å²) in [5.74, 6) is 0.955. The van der Waals surface area contributed by atoms with Crippen molar-refractivity contribution in [3.05, 3.63) is 0 Å². The lowest BCUT2D eigenvalue weighted by atomic mass is 10.2. The van der Waals surface area contributed by atoms with E-state index in [4.69, 9.17) is 0 Å². The van der Waals surface area contributed by atoms with Crippen molar-refractivity contribution in [3.8, 4) is 0 Å². The molecule has 1 fully saturated rings. The van der Waals surface area contributed by atoms with Crippen LogP contribution in [0.5, 0.6) is 0 Å². The molecule has 1 saturated heterocycles. The van der Waals surface area contributed by atoms with E-state index < -0.39 is 0 Å². The molecule has 0 radical (unpaired) electrons. The van der Waals surface area contributed by atoms with Crippen molar-refractivity contribution in [1.82, 2.24) is 4.90 Å². The molecule has 1 rings (SSSR count). The maximum atomic E-state index is 2.59. The van der Waals surface area contributed by atoms with E-state index in [0.29, 0.717) is 0 Å². The molecule has 1 atom stereocenters. The highest BCUT2D eigenvalue weighted by Crippen LogP contribution is 2.14. The first kappa shape index (κ1) is 8.06. The predicted octanol–water partition coefficient (Wildman–Crippen LogP) is 2.13. The fourth-order valence-electron chi connectivity index (χ4n) is 1.61. The number of unbranched alkanes of at least 4 members (excludes halogenated alkanes) is 1. The van der Waals surface area contributed by atoms with Crippen LogP contribution >= 0.6 is 0 Å². The Morgan fingerprint density at radius 2 is 2.30 bits per heavy atom. The fraction of sp³-hybridized carbons (Fsp3) is 1.00.